The zero-order valence-electron chi connectivity index (χ0n) is 12.6. The maximum Gasteiger partial charge on any atom is 0.0300 e. The minimum atomic E-state index is 0.660. The van der Waals surface area contributed by atoms with Gasteiger partial charge in [0, 0.05) is 24.0 Å². The molecule has 2 heterocycles. The van der Waals surface area contributed by atoms with E-state index in [2.05, 4.69) is 48.5 Å². The van der Waals surface area contributed by atoms with Gasteiger partial charge in [0.2, 0.25) is 0 Å². The van der Waals surface area contributed by atoms with Crippen molar-refractivity contribution in [1.82, 2.24) is 10.2 Å². The first kappa shape index (κ1) is 15.0. The van der Waals surface area contributed by atoms with Crippen molar-refractivity contribution in [2.75, 3.05) is 19.6 Å². The standard InChI is InChI=1S/C16H28N2S/c1-13(2)15-6-8-18(9-7-15)14(3)11-17-12-16-5-4-10-19-16/h4-5,10,13-15,17H,6-9,11-12H2,1-3H3. The molecule has 1 atom stereocenters. The maximum absolute atomic E-state index is 3.59. The first-order valence-electron chi connectivity index (χ1n) is 7.64. The van der Waals surface area contributed by atoms with Gasteiger partial charge >= 0.3 is 0 Å². The second-order valence-corrected chi connectivity index (χ2v) is 7.21. The van der Waals surface area contributed by atoms with Crippen molar-refractivity contribution in [2.24, 2.45) is 11.8 Å². The molecule has 1 saturated heterocycles. The van der Waals surface area contributed by atoms with Gasteiger partial charge in [-0.15, -0.1) is 11.3 Å². The molecule has 0 bridgehead atoms. The molecular weight excluding hydrogens is 252 g/mol. The molecule has 1 unspecified atom stereocenters. The number of rotatable bonds is 6. The summed E-state index contributed by atoms with van der Waals surface area (Å²) in [5, 5.41) is 5.74. The Morgan fingerprint density at radius 1 is 1.32 bits per heavy atom. The SMILES string of the molecule is CC(C)C1CCN(C(C)CNCc2cccs2)CC1. The number of thiophene rings is 1. The van der Waals surface area contributed by atoms with Gasteiger partial charge < -0.3 is 5.32 Å². The maximum atomic E-state index is 3.59. The summed E-state index contributed by atoms with van der Waals surface area (Å²) < 4.78 is 0. The van der Waals surface area contributed by atoms with Gasteiger partial charge in [-0.25, -0.2) is 0 Å². The average Bonchev–Trinajstić information content (AvgIpc) is 2.92. The molecule has 0 saturated carbocycles. The first-order valence-corrected chi connectivity index (χ1v) is 8.52. The molecule has 0 spiro atoms. The second-order valence-electron chi connectivity index (χ2n) is 6.18. The van der Waals surface area contributed by atoms with Gasteiger partial charge in [0.1, 0.15) is 0 Å². The van der Waals surface area contributed by atoms with E-state index < -0.39 is 0 Å². The average molecular weight is 280 g/mol. The van der Waals surface area contributed by atoms with Crippen molar-refractivity contribution in [3.63, 3.8) is 0 Å². The number of nitrogens with zero attached hydrogens (tertiary/aromatic N) is 1. The summed E-state index contributed by atoms with van der Waals surface area (Å²) in [5.41, 5.74) is 0. The molecule has 19 heavy (non-hydrogen) atoms. The summed E-state index contributed by atoms with van der Waals surface area (Å²) in [5.74, 6) is 1.80. The van der Waals surface area contributed by atoms with E-state index in [1.54, 1.807) is 0 Å². The monoisotopic (exact) mass is 280 g/mol. The van der Waals surface area contributed by atoms with Crippen molar-refractivity contribution in [1.29, 1.82) is 0 Å². The summed E-state index contributed by atoms with van der Waals surface area (Å²) in [6.45, 7) is 11.8. The lowest BCUT2D eigenvalue weighted by molar-refractivity contribution is 0.120. The lowest BCUT2D eigenvalue weighted by atomic mass is 9.86. The fourth-order valence-corrected chi connectivity index (χ4v) is 3.65. The molecule has 1 aromatic rings. The summed E-state index contributed by atoms with van der Waals surface area (Å²) >= 11 is 1.84. The molecule has 1 aromatic heterocycles. The highest BCUT2D eigenvalue weighted by atomic mass is 32.1. The molecule has 1 aliphatic heterocycles. The third-order valence-electron chi connectivity index (χ3n) is 4.46. The van der Waals surface area contributed by atoms with Crippen LogP contribution in [0.1, 0.15) is 38.5 Å². The molecule has 0 aromatic carbocycles. The Morgan fingerprint density at radius 3 is 2.63 bits per heavy atom. The number of hydrogen-bond donors (Lipinski definition) is 1. The van der Waals surface area contributed by atoms with Gasteiger partial charge in [-0.1, -0.05) is 19.9 Å². The van der Waals surface area contributed by atoms with Crippen LogP contribution in [0.2, 0.25) is 0 Å². The third-order valence-corrected chi connectivity index (χ3v) is 5.34. The van der Waals surface area contributed by atoms with Gasteiger partial charge in [0.05, 0.1) is 0 Å². The van der Waals surface area contributed by atoms with E-state index in [-0.39, 0.29) is 0 Å². The van der Waals surface area contributed by atoms with Gasteiger partial charge in [0.25, 0.3) is 0 Å². The van der Waals surface area contributed by atoms with Crippen molar-refractivity contribution in [2.45, 2.75) is 46.2 Å². The lowest BCUT2D eigenvalue weighted by Gasteiger charge is -2.37. The van der Waals surface area contributed by atoms with Crippen molar-refractivity contribution >= 4 is 11.3 Å². The van der Waals surface area contributed by atoms with E-state index in [0.717, 1.165) is 24.9 Å². The zero-order valence-corrected chi connectivity index (χ0v) is 13.4. The minimum Gasteiger partial charge on any atom is -0.310 e. The number of piperidine rings is 1. The van der Waals surface area contributed by atoms with E-state index in [4.69, 9.17) is 0 Å². The normalized spacial score (nSPS) is 20.0. The van der Waals surface area contributed by atoms with Gasteiger partial charge in [-0.2, -0.15) is 0 Å². The second kappa shape index (κ2) is 7.41. The van der Waals surface area contributed by atoms with E-state index >= 15 is 0 Å². The van der Waals surface area contributed by atoms with Crippen LogP contribution in [0.25, 0.3) is 0 Å². The van der Waals surface area contributed by atoms with Crippen molar-refractivity contribution in [3.8, 4) is 0 Å². The van der Waals surface area contributed by atoms with Crippen LogP contribution in [0.4, 0.5) is 0 Å². The third kappa shape index (κ3) is 4.59. The Hall–Kier alpha value is -0.380. The Balaban J connectivity index is 1.65. The minimum absolute atomic E-state index is 0.660. The fourth-order valence-electron chi connectivity index (χ4n) is 2.97. The summed E-state index contributed by atoms with van der Waals surface area (Å²) in [6, 6.07) is 4.99. The van der Waals surface area contributed by atoms with Crippen LogP contribution in [0.5, 0.6) is 0 Å². The predicted octanol–water partition coefficient (Wildman–Crippen LogP) is 3.59. The zero-order chi connectivity index (χ0) is 13.7. The summed E-state index contributed by atoms with van der Waals surface area (Å²) in [6.07, 6.45) is 2.76. The smallest absolute Gasteiger partial charge is 0.0300 e. The van der Waals surface area contributed by atoms with Gasteiger partial charge in [-0.05, 0) is 56.1 Å². The molecule has 0 amide bonds. The summed E-state index contributed by atoms with van der Waals surface area (Å²) in [4.78, 5) is 4.09. The molecule has 1 N–H and O–H groups in total. The van der Waals surface area contributed by atoms with Crippen LogP contribution < -0.4 is 5.32 Å². The Bertz CT molecular complexity index is 340. The van der Waals surface area contributed by atoms with Crippen LogP contribution in [0.3, 0.4) is 0 Å². The molecule has 1 fully saturated rings. The molecule has 0 aliphatic carbocycles. The molecule has 2 rings (SSSR count). The van der Waals surface area contributed by atoms with Crippen LogP contribution in [0.15, 0.2) is 17.5 Å². The van der Waals surface area contributed by atoms with E-state index in [9.17, 15) is 0 Å². The van der Waals surface area contributed by atoms with E-state index in [0.29, 0.717) is 6.04 Å². The van der Waals surface area contributed by atoms with Crippen LogP contribution >= 0.6 is 11.3 Å². The predicted molar refractivity (Wildman–Crippen MR) is 84.6 cm³/mol. The first-order chi connectivity index (χ1) is 9.16. The molecular formula is C16H28N2S. The van der Waals surface area contributed by atoms with E-state index in [1.165, 1.54) is 30.8 Å². The van der Waals surface area contributed by atoms with Crippen LogP contribution in [0, 0.1) is 11.8 Å². The highest BCUT2D eigenvalue weighted by Gasteiger charge is 2.24. The molecule has 1 aliphatic rings. The highest BCUT2D eigenvalue weighted by Crippen LogP contribution is 2.25. The molecule has 2 nitrogen and oxygen atoms in total. The number of likely N-dealkylation sites (tertiary alicyclic amines) is 1. The number of hydrogen-bond acceptors (Lipinski definition) is 3. The lowest BCUT2D eigenvalue weighted by Crippen LogP contribution is -2.45. The Morgan fingerprint density at radius 2 is 2.05 bits per heavy atom. The van der Waals surface area contributed by atoms with Crippen LogP contribution in [-0.2, 0) is 6.54 Å². The summed E-state index contributed by atoms with van der Waals surface area (Å²) in [7, 11) is 0. The molecule has 3 heteroatoms. The highest BCUT2D eigenvalue weighted by molar-refractivity contribution is 7.09. The van der Waals surface area contributed by atoms with Crippen molar-refractivity contribution < 1.29 is 0 Å². The number of nitrogens with one attached hydrogen (secondary N) is 1. The molecule has 108 valence electrons. The van der Waals surface area contributed by atoms with Crippen LogP contribution in [-0.4, -0.2) is 30.6 Å². The fraction of sp³-hybridized carbons (Fsp3) is 0.750. The largest absolute Gasteiger partial charge is 0.310 e. The Kier molecular flexibility index (Phi) is 5.86. The van der Waals surface area contributed by atoms with E-state index in [1.807, 2.05) is 11.3 Å². The topological polar surface area (TPSA) is 15.3 Å². The van der Waals surface area contributed by atoms with Gasteiger partial charge in [0.15, 0.2) is 0 Å². The molecule has 0 radical (unpaired) electrons. The Labute approximate surface area is 122 Å². The van der Waals surface area contributed by atoms with Gasteiger partial charge in [-0.3, -0.25) is 4.90 Å². The quantitative estimate of drug-likeness (QED) is 0.856. The van der Waals surface area contributed by atoms with Crippen molar-refractivity contribution in [3.05, 3.63) is 22.4 Å².